The lowest BCUT2D eigenvalue weighted by molar-refractivity contribution is 0.0949. The number of anilines is 1. The van der Waals surface area contributed by atoms with Gasteiger partial charge in [0.05, 0.1) is 12.2 Å². The first-order valence-corrected chi connectivity index (χ1v) is 8.55. The average Bonchev–Trinajstić information content (AvgIpc) is 3.16. The Hall–Kier alpha value is -3.15. The van der Waals surface area contributed by atoms with Crippen molar-refractivity contribution in [3.63, 3.8) is 0 Å². The zero-order valence-corrected chi connectivity index (χ0v) is 14.3. The van der Waals surface area contributed by atoms with E-state index in [1.807, 2.05) is 31.2 Å². The summed E-state index contributed by atoms with van der Waals surface area (Å²) in [6.45, 7) is 2.48. The highest BCUT2D eigenvalue weighted by Gasteiger charge is 2.30. The number of fused-ring (bicyclic) bond motifs is 1. The number of nitrogens with zero attached hydrogens (tertiary/aromatic N) is 3. The van der Waals surface area contributed by atoms with Crippen molar-refractivity contribution in [1.29, 1.82) is 0 Å². The molecule has 0 saturated heterocycles. The Morgan fingerprint density at radius 3 is 2.65 bits per heavy atom. The first kappa shape index (κ1) is 16.3. The van der Waals surface area contributed by atoms with E-state index in [-0.39, 0.29) is 17.7 Å². The summed E-state index contributed by atoms with van der Waals surface area (Å²) in [4.78, 5) is 14.7. The number of carbonyl (C=O) groups excluding carboxylic acids is 1. The minimum absolute atomic E-state index is 0.0671. The minimum atomic E-state index is -0.391. The number of hydrogen-bond acceptors (Lipinski definition) is 3. The van der Waals surface area contributed by atoms with E-state index in [4.69, 9.17) is 4.74 Å². The number of amides is 1. The van der Waals surface area contributed by atoms with E-state index in [1.165, 1.54) is 10.7 Å². The number of carbonyl (C=O) groups is 1. The summed E-state index contributed by atoms with van der Waals surface area (Å²) in [5, 5.41) is 4.28. The van der Waals surface area contributed by atoms with E-state index in [1.54, 1.807) is 35.4 Å². The van der Waals surface area contributed by atoms with E-state index in [0.29, 0.717) is 18.0 Å². The van der Waals surface area contributed by atoms with Crippen LogP contribution in [0, 0.1) is 5.82 Å². The molecule has 5 nitrogen and oxygen atoms in total. The van der Waals surface area contributed by atoms with Crippen LogP contribution >= 0.6 is 0 Å². The molecular formula is C20H18FN3O2. The van der Waals surface area contributed by atoms with Crippen molar-refractivity contribution in [2.24, 2.45) is 0 Å². The molecule has 0 radical (unpaired) electrons. The maximum Gasteiger partial charge on any atom is 0.279 e. The normalized spacial score (nSPS) is 16.1. The van der Waals surface area contributed by atoms with Crippen LogP contribution in [0.15, 0.2) is 60.8 Å². The Kier molecular flexibility index (Phi) is 4.16. The number of ether oxygens (including phenoxy) is 1. The van der Waals surface area contributed by atoms with E-state index in [0.717, 1.165) is 12.1 Å². The molecule has 2 aromatic carbocycles. The van der Waals surface area contributed by atoms with Crippen molar-refractivity contribution >= 4 is 11.6 Å². The highest BCUT2D eigenvalue weighted by atomic mass is 19.1. The molecule has 0 fully saturated rings. The molecule has 3 aromatic rings. The number of halogens is 1. The van der Waals surface area contributed by atoms with Gasteiger partial charge >= 0.3 is 0 Å². The van der Waals surface area contributed by atoms with Gasteiger partial charge in [-0.3, -0.25) is 9.69 Å². The standard InChI is InChI=1S/C20H18FN3O2/c1-2-14-13-23(18-9-5-6-10-19(18)26-14)20(25)16-11-12-24(22-16)17-8-4-3-7-15(17)21/h3-12,14H,2,13H2,1H3/t14-/m0/s1. The van der Waals surface area contributed by atoms with Crippen LogP contribution in [0.25, 0.3) is 5.69 Å². The van der Waals surface area contributed by atoms with Gasteiger partial charge in [-0.15, -0.1) is 0 Å². The fourth-order valence-electron chi connectivity index (χ4n) is 3.05. The lowest BCUT2D eigenvalue weighted by atomic mass is 10.1. The fourth-order valence-corrected chi connectivity index (χ4v) is 3.05. The number of para-hydroxylation sites is 3. The van der Waals surface area contributed by atoms with Gasteiger partial charge < -0.3 is 4.74 Å². The molecule has 1 aliphatic heterocycles. The molecular weight excluding hydrogens is 333 g/mol. The second-order valence-electron chi connectivity index (χ2n) is 6.13. The van der Waals surface area contributed by atoms with Crippen molar-refractivity contribution in [3.05, 3.63) is 72.3 Å². The summed E-state index contributed by atoms with van der Waals surface area (Å²) in [5.74, 6) is 0.0686. The maximum atomic E-state index is 14.0. The SMILES string of the molecule is CC[C@H]1CN(C(=O)c2ccn(-c3ccccc3F)n2)c2ccccc2O1. The smallest absolute Gasteiger partial charge is 0.279 e. The van der Waals surface area contributed by atoms with Crippen LogP contribution in [0.4, 0.5) is 10.1 Å². The molecule has 6 heteroatoms. The van der Waals surface area contributed by atoms with Crippen LogP contribution in [0.5, 0.6) is 5.75 Å². The predicted octanol–water partition coefficient (Wildman–Crippen LogP) is 3.83. The Morgan fingerprint density at radius 2 is 1.88 bits per heavy atom. The van der Waals surface area contributed by atoms with Crippen LogP contribution in [0.3, 0.4) is 0 Å². The summed E-state index contributed by atoms with van der Waals surface area (Å²) >= 11 is 0. The Bertz CT molecular complexity index is 953. The molecule has 0 spiro atoms. The lowest BCUT2D eigenvalue weighted by Crippen LogP contribution is -2.43. The van der Waals surface area contributed by atoms with Gasteiger partial charge in [-0.1, -0.05) is 31.2 Å². The van der Waals surface area contributed by atoms with E-state index >= 15 is 0 Å². The molecule has 0 N–H and O–H groups in total. The lowest BCUT2D eigenvalue weighted by Gasteiger charge is -2.34. The van der Waals surface area contributed by atoms with Gasteiger partial charge in [-0.05, 0) is 36.8 Å². The van der Waals surface area contributed by atoms with Crippen molar-refractivity contribution in [2.75, 3.05) is 11.4 Å². The molecule has 26 heavy (non-hydrogen) atoms. The van der Waals surface area contributed by atoms with Gasteiger partial charge in [0.15, 0.2) is 5.69 Å². The van der Waals surface area contributed by atoms with Crippen molar-refractivity contribution in [2.45, 2.75) is 19.4 Å². The maximum absolute atomic E-state index is 14.0. The van der Waals surface area contributed by atoms with Crippen LogP contribution in [0.2, 0.25) is 0 Å². The molecule has 2 heterocycles. The topological polar surface area (TPSA) is 47.4 Å². The molecule has 1 aromatic heterocycles. The molecule has 0 saturated carbocycles. The third kappa shape index (κ3) is 2.83. The summed E-state index contributed by atoms with van der Waals surface area (Å²) in [7, 11) is 0. The molecule has 4 rings (SSSR count). The summed E-state index contributed by atoms with van der Waals surface area (Å²) < 4.78 is 21.3. The highest BCUT2D eigenvalue weighted by molar-refractivity contribution is 6.05. The number of hydrogen-bond donors (Lipinski definition) is 0. The Morgan fingerprint density at radius 1 is 1.15 bits per heavy atom. The van der Waals surface area contributed by atoms with Crippen molar-refractivity contribution in [3.8, 4) is 11.4 Å². The van der Waals surface area contributed by atoms with Gasteiger partial charge in [0, 0.05) is 6.20 Å². The van der Waals surface area contributed by atoms with Crippen LogP contribution in [-0.2, 0) is 0 Å². The van der Waals surface area contributed by atoms with Gasteiger partial charge in [-0.2, -0.15) is 5.10 Å². The van der Waals surface area contributed by atoms with Crippen molar-refractivity contribution in [1.82, 2.24) is 9.78 Å². The van der Waals surface area contributed by atoms with Gasteiger partial charge in [0.2, 0.25) is 0 Å². The quantitative estimate of drug-likeness (QED) is 0.720. The average molecular weight is 351 g/mol. The summed E-state index contributed by atoms with van der Waals surface area (Å²) in [6, 6.07) is 15.4. The largest absolute Gasteiger partial charge is 0.486 e. The molecule has 1 amide bonds. The fraction of sp³-hybridized carbons (Fsp3) is 0.200. The highest BCUT2D eigenvalue weighted by Crippen LogP contribution is 2.34. The third-order valence-corrected chi connectivity index (χ3v) is 4.44. The molecule has 132 valence electrons. The van der Waals surface area contributed by atoms with Gasteiger partial charge in [0.25, 0.3) is 5.91 Å². The number of benzene rings is 2. The Balaban J connectivity index is 1.67. The van der Waals surface area contributed by atoms with E-state index in [2.05, 4.69) is 5.10 Å². The first-order valence-electron chi connectivity index (χ1n) is 8.55. The predicted molar refractivity (Wildman–Crippen MR) is 96.3 cm³/mol. The molecule has 0 bridgehead atoms. The summed E-state index contributed by atoms with van der Waals surface area (Å²) in [5.41, 5.74) is 1.29. The van der Waals surface area contributed by atoms with Crippen LogP contribution in [-0.4, -0.2) is 28.3 Å². The van der Waals surface area contributed by atoms with Crippen LogP contribution in [0.1, 0.15) is 23.8 Å². The molecule has 1 aliphatic rings. The molecule has 0 unspecified atom stereocenters. The first-order chi connectivity index (χ1) is 12.7. The molecule has 0 aliphatic carbocycles. The third-order valence-electron chi connectivity index (χ3n) is 4.44. The van der Waals surface area contributed by atoms with E-state index in [9.17, 15) is 9.18 Å². The summed E-state index contributed by atoms with van der Waals surface area (Å²) in [6.07, 6.45) is 2.32. The Labute approximate surface area is 150 Å². The molecule has 1 atom stereocenters. The number of aromatic nitrogens is 2. The second-order valence-corrected chi connectivity index (χ2v) is 6.13. The van der Waals surface area contributed by atoms with Crippen molar-refractivity contribution < 1.29 is 13.9 Å². The van der Waals surface area contributed by atoms with Gasteiger partial charge in [0.1, 0.15) is 23.4 Å². The van der Waals surface area contributed by atoms with E-state index < -0.39 is 5.82 Å². The zero-order valence-electron chi connectivity index (χ0n) is 14.3. The second kappa shape index (κ2) is 6.63. The number of rotatable bonds is 3. The van der Waals surface area contributed by atoms with Crippen LogP contribution < -0.4 is 9.64 Å². The zero-order chi connectivity index (χ0) is 18.1. The minimum Gasteiger partial charge on any atom is -0.486 e. The van der Waals surface area contributed by atoms with Gasteiger partial charge in [-0.25, -0.2) is 9.07 Å². The monoisotopic (exact) mass is 351 g/mol.